The first-order valence-corrected chi connectivity index (χ1v) is 3.23. The lowest BCUT2D eigenvalue weighted by molar-refractivity contribution is -0.117. The molecule has 0 rings (SSSR count). The molecule has 0 aliphatic carbocycles. The number of rotatable bonds is 4. The summed E-state index contributed by atoms with van der Waals surface area (Å²) in [4.78, 5) is 10.2. The molecular weight excluding hydrogens is 114 g/mol. The van der Waals surface area contributed by atoms with E-state index in [2.05, 4.69) is 13.8 Å². The van der Waals surface area contributed by atoms with Crippen LogP contribution in [-0.2, 0) is 4.79 Å². The Morgan fingerprint density at radius 1 is 1.67 bits per heavy atom. The van der Waals surface area contributed by atoms with Crippen LogP contribution in [0.3, 0.4) is 0 Å². The Morgan fingerprint density at radius 2 is 2.22 bits per heavy atom. The molecule has 0 aromatic rings. The third-order valence-electron chi connectivity index (χ3n) is 0.984. The number of carbonyl (C=O) groups is 1. The van der Waals surface area contributed by atoms with E-state index < -0.39 is 0 Å². The van der Waals surface area contributed by atoms with Crippen molar-refractivity contribution < 1.29 is 4.79 Å². The fourth-order valence-corrected chi connectivity index (χ4v) is 0.559. The zero-order chi connectivity index (χ0) is 7.28. The Balaban J connectivity index is 3.01. The highest BCUT2D eigenvalue weighted by molar-refractivity contribution is 5.74. The molecule has 0 saturated carbocycles. The maximum absolute atomic E-state index is 10.2. The van der Waals surface area contributed by atoms with Crippen molar-refractivity contribution in [1.82, 2.24) is 0 Å². The van der Waals surface area contributed by atoms with E-state index in [0.29, 0.717) is 12.3 Å². The number of amides is 1. The summed E-state index contributed by atoms with van der Waals surface area (Å²) < 4.78 is 0. The molecule has 0 atom stereocenters. The summed E-state index contributed by atoms with van der Waals surface area (Å²) in [5.41, 5.74) is 4.91. The fraction of sp³-hybridized carbons (Fsp3) is 0.714. The summed E-state index contributed by atoms with van der Waals surface area (Å²) in [6.07, 6.45) is 3.31. The lowest BCUT2D eigenvalue weighted by atomic mass is 10.1. The van der Waals surface area contributed by atoms with Gasteiger partial charge in [0.05, 0.1) is 0 Å². The summed E-state index contributed by atoms with van der Waals surface area (Å²) in [5, 5.41) is 0. The summed E-state index contributed by atoms with van der Waals surface area (Å²) in [6, 6.07) is 0. The Labute approximate surface area is 56.4 Å². The molecule has 53 valence electrons. The van der Waals surface area contributed by atoms with Gasteiger partial charge in [-0.25, -0.2) is 0 Å². The Morgan fingerprint density at radius 3 is 2.56 bits per heavy atom. The minimum atomic E-state index is -0.240. The largest absolute Gasteiger partial charge is 0.370 e. The average Bonchev–Trinajstić information content (AvgIpc) is 1.63. The van der Waals surface area contributed by atoms with Crippen molar-refractivity contribution in [2.75, 3.05) is 0 Å². The number of carbonyl (C=O) groups excluding carboxylic acids is 1. The fourth-order valence-electron chi connectivity index (χ4n) is 0.559. The van der Waals surface area contributed by atoms with Gasteiger partial charge in [-0.3, -0.25) is 4.79 Å². The summed E-state index contributed by atoms with van der Waals surface area (Å²) in [6.45, 7) is 4.22. The van der Waals surface area contributed by atoms with E-state index in [0.717, 1.165) is 6.42 Å². The van der Waals surface area contributed by atoms with Gasteiger partial charge in [-0.1, -0.05) is 13.8 Å². The Kier molecular flexibility index (Phi) is 4.10. The van der Waals surface area contributed by atoms with Gasteiger partial charge in [0.2, 0.25) is 5.91 Å². The second-order valence-electron chi connectivity index (χ2n) is 2.59. The van der Waals surface area contributed by atoms with Crippen molar-refractivity contribution in [2.24, 2.45) is 11.7 Å². The van der Waals surface area contributed by atoms with Crippen molar-refractivity contribution in [2.45, 2.75) is 26.7 Å². The topological polar surface area (TPSA) is 43.1 Å². The molecule has 0 spiro atoms. The third kappa shape index (κ3) is 7.47. The van der Waals surface area contributed by atoms with Gasteiger partial charge < -0.3 is 5.73 Å². The van der Waals surface area contributed by atoms with Gasteiger partial charge in [0.25, 0.3) is 0 Å². The average molecular weight is 128 g/mol. The summed E-state index contributed by atoms with van der Waals surface area (Å²) in [7, 11) is 0. The first-order chi connectivity index (χ1) is 4.13. The molecule has 9 heavy (non-hydrogen) atoms. The normalized spacial score (nSPS) is 10.1. The van der Waals surface area contributed by atoms with Gasteiger partial charge in [-0.05, 0) is 18.8 Å². The minimum Gasteiger partial charge on any atom is -0.370 e. The Bertz CT molecular complexity index is 88.9. The van der Waals surface area contributed by atoms with E-state index in [-0.39, 0.29) is 5.91 Å². The van der Waals surface area contributed by atoms with Gasteiger partial charge in [-0.15, -0.1) is 0 Å². The van der Waals surface area contributed by atoms with E-state index in [1.54, 1.807) is 0 Å². The molecule has 0 aliphatic rings. The first-order valence-electron chi connectivity index (χ1n) is 3.23. The van der Waals surface area contributed by atoms with Crippen molar-refractivity contribution in [1.29, 1.82) is 0 Å². The smallest absolute Gasteiger partial charge is 0.217 e. The number of hydrogen-bond acceptors (Lipinski definition) is 1. The molecule has 0 aliphatic heterocycles. The standard InChI is InChI=1S/C7H14NO/c1-6(2)4-3-5-7(8)9/h3,6H,4-5H2,1-2H3,(H2,8,9). The van der Waals surface area contributed by atoms with Crippen LogP contribution in [0, 0.1) is 12.3 Å². The van der Waals surface area contributed by atoms with Crippen LogP contribution >= 0.6 is 0 Å². The SMILES string of the molecule is CC(C)C[CH]CC(N)=O. The highest BCUT2D eigenvalue weighted by atomic mass is 16.1. The van der Waals surface area contributed by atoms with E-state index in [9.17, 15) is 4.79 Å². The molecule has 0 bridgehead atoms. The molecule has 0 unspecified atom stereocenters. The minimum absolute atomic E-state index is 0.240. The van der Waals surface area contributed by atoms with Crippen molar-refractivity contribution in [3.8, 4) is 0 Å². The van der Waals surface area contributed by atoms with Gasteiger partial charge in [0.1, 0.15) is 0 Å². The molecule has 0 aromatic heterocycles. The van der Waals surface area contributed by atoms with Crippen LogP contribution in [-0.4, -0.2) is 5.91 Å². The van der Waals surface area contributed by atoms with Crippen LogP contribution in [0.2, 0.25) is 0 Å². The highest BCUT2D eigenvalue weighted by Gasteiger charge is 1.96. The van der Waals surface area contributed by atoms with Gasteiger partial charge >= 0.3 is 0 Å². The molecule has 0 fully saturated rings. The zero-order valence-electron chi connectivity index (χ0n) is 6.05. The van der Waals surface area contributed by atoms with E-state index in [1.165, 1.54) is 0 Å². The van der Waals surface area contributed by atoms with Gasteiger partial charge in [0.15, 0.2) is 0 Å². The van der Waals surface area contributed by atoms with Crippen LogP contribution in [0.25, 0.3) is 0 Å². The van der Waals surface area contributed by atoms with E-state index in [1.807, 2.05) is 6.42 Å². The quantitative estimate of drug-likeness (QED) is 0.605. The molecule has 2 heteroatoms. The number of primary amides is 1. The number of nitrogens with two attached hydrogens (primary N) is 1. The zero-order valence-corrected chi connectivity index (χ0v) is 6.05. The lowest BCUT2D eigenvalue weighted by Crippen LogP contribution is -2.10. The monoisotopic (exact) mass is 128 g/mol. The van der Waals surface area contributed by atoms with Crippen LogP contribution in [0.1, 0.15) is 26.7 Å². The van der Waals surface area contributed by atoms with Crippen molar-refractivity contribution >= 4 is 5.91 Å². The van der Waals surface area contributed by atoms with Crippen LogP contribution in [0.15, 0.2) is 0 Å². The molecule has 2 nitrogen and oxygen atoms in total. The van der Waals surface area contributed by atoms with Crippen LogP contribution < -0.4 is 5.73 Å². The molecular formula is C7H14NO. The van der Waals surface area contributed by atoms with E-state index in [4.69, 9.17) is 5.73 Å². The highest BCUT2D eigenvalue weighted by Crippen LogP contribution is 2.03. The molecule has 0 heterocycles. The molecule has 0 aromatic carbocycles. The van der Waals surface area contributed by atoms with Crippen LogP contribution in [0.4, 0.5) is 0 Å². The molecule has 1 amide bonds. The predicted molar refractivity (Wildman–Crippen MR) is 37.6 cm³/mol. The second kappa shape index (κ2) is 4.36. The molecule has 0 saturated heterocycles. The third-order valence-corrected chi connectivity index (χ3v) is 0.984. The Hall–Kier alpha value is -0.530. The first kappa shape index (κ1) is 8.47. The van der Waals surface area contributed by atoms with Crippen molar-refractivity contribution in [3.63, 3.8) is 0 Å². The van der Waals surface area contributed by atoms with Crippen molar-refractivity contribution in [3.05, 3.63) is 6.42 Å². The molecule has 1 radical (unpaired) electrons. The van der Waals surface area contributed by atoms with Gasteiger partial charge in [-0.2, -0.15) is 0 Å². The van der Waals surface area contributed by atoms with Crippen LogP contribution in [0.5, 0.6) is 0 Å². The van der Waals surface area contributed by atoms with E-state index >= 15 is 0 Å². The number of hydrogen-bond donors (Lipinski definition) is 1. The lowest BCUT2D eigenvalue weighted by Gasteiger charge is -1.99. The molecule has 2 N–H and O–H groups in total. The summed E-state index contributed by atoms with van der Waals surface area (Å²) >= 11 is 0. The predicted octanol–water partition coefficient (Wildman–Crippen LogP) is 1.11. The maximum Gasteiger partial charge on any atom is 0.217 e. The summed E-state index contributed by atoms with van der Waals surface area (Å²) in [5.74, 6) is 0.389. The maximum atomic E-state index is 10.2. The second-order valence-corrected chi connectivity index (χ2v) is 2.59. The van der Waals surface area contributed by atoms with Gasteiger partial charge in [0, 0.05) is 6.42 Å².